The third kappa shape index (κ3) is 3.09. The maximum absolute atomic E-state index is 13.3. The van der Waals surface area contributed by atoms with E-state index < -0.39 is 10.7 Å². The predicted molar refractivity (Wildman–Crippen MR) is 68.5 cm³/mol. The van der Waals surface area contributed by atoms with Crippen LogP contribution in [0.1, 0.15) is 5.56 Å². The van der Waals surface area contributed by atoms with Crippen LogP contribution in [-0.2, 0) is 0 Å². The molecule has 0 bridgehead atoms. The molecule has 1 heterocycles. The van der Waals surface area contributed by atoms with E-state index in [0.717, 1.165) is 0 Å². The van der Waals surface area contributed by atoms with E-state index in [1.165, 1.54) is 36.7 Å². The van der Waals surface area contributed by atoms with Gasteiger partial charge in [0.15, 0.2) is 0 Å². The summed E-state index contributed by atoms with van der Waals surface area (Å²) in [5.74, 6) is -0.427. The average Bonchev–Trinajstić information content (AvgIpc) is 2.41. The molecule has 0 aliphatic rings. The van der Waals surface area contributed by atoms with Gasteiger partial charge in [-0.15, -0.1) is 0 Å². The van der Waals surface area contributed by atoms with Gasteiger partial charge in [0.2, 0.25) is 5.82 Å². The lowest BCUT2D eigenvalue weighted by Gasteiger charge is -2.00. The van der Waals surface area contributed by atoms with Gasteiger partial charge in [-0.1, -0.05) is 18.2 Å². The van der Waals surface area contributed by atoms with E-state index in [4.69, 9.17) is 0 Å². The Kier molecular flexibility index (Phi) is 3.77. The van der Waals surface area contributed by atoms with E-state index in [9.17, 15) is 14.5 Å². The van der Waals surface area contributed by atoms with Gasteiger partial charge in [-0.25, -0.2) is 9.37 Å². The fraction of sp³-hybridized carbons (Fsp3) is 0. The van der Waals surface area contributed by atoms with Crippen LogP contribution in [0, 0.1) is 15.9 Å². The zero-order valence-electron chi connectivity index (χ0n) is 9.65. The third-order valence-electron chi connectivity index (χ3n) is 2.26. The van der Waals surface area contributed by atoms with Gasteiger partial charge >= 0.3 is 5.69 Å². The van der Waals surface area contributed by atoms with Crippen molar-refractivity contribution in [3.05, 3.63) is 64.1 Å². The van der Waals surface area contributed by atoms with Gasteiger partial charge in [0.25, 0.3) is 0 Å². The molecule has 0 saturated carbocycles. The summed E-state index contributed by atoms with van der Waals surface area (Å²) in [4.78, 5) is 13.9. The smallest absolute Gasteiger partial charge is 0.258 e. The van der Waals surface area contributed by atoms with Crippen LogP contribution in [0.15, 0.2) is 47.7 Å². The Balaban J connectivity index is 2.15. The first-order chi connectivity index (χ1) is 9.18. The van der Waals surface area contributed by atoms with Crippen molar-refractivity contribution in [2.75, 3.05) is 5.43 Å². The first kappa shape index (κ1) is 12.6. The van der Waals surface area contributed by atoms with Gasteiger partial charge in [-0.2, -0.15) is 5.10 Å². The van der Waals surface area contributed by atoms with E-state index in [1.54, 1.807) is 12.1 Å². The van der Waals surface area contributed by atoms with Gasteiger partial charge in [0.1, 0.15) is 5.82 Å². The summed E-state index contributed by atoms with van der Waals surface area (Å²) in [6, 6.07) is 8.80. The molecule has 1 aromatic heterocycles. The number of hydrogen-bond donors (Lipinski definition) is 1. The number of hydrazone groups is 1. The standard InChI is InChI=1S/C12H9FN4O2/c13-10-5-2-1-4-9(10)8-15-16-12-11(17(18)19)6-3-7-14-12/h1-8H,(H,14,16)/b15-8-. The van der Waals surface area contributed by atoms with E-state index in [-0.39, 0.29) is 17.1 Å². The molecule has 0 aliphatic carbocycles. The van der Waals surface area contributed by atoms with E-state index in [2.05, 4.69) is 15.5 Å². The van der Waals surface area contributed by atoms with Crippen LogP contribution >= 0.6 is 0 Å². The van der Waals surface area contributed by atoms with E-state index in [0.29, 0.717) is 0 Å². The summed E-state index contributed by atoms with van der Waals surface area (Å²) in [6.07, 6.45) is 2.63. The molecule has 1 N–H and O–H groups in total. The lowest BCUT2D eigenvalue weighted by atomic mass is 10.2. The van der Waals surface area contributed by atoms with Crippen molar-refractivity contribution < 1.29 is 9.31 Å². The molecule has 19 heavy (non-hydrogen) atoms. The van der Waals surface area contributed by atoms with Gasteiger partial charge in [-0.05, 0) is 12.1 Å². The first-order valence-electron chi connectivity index (χ1n) is 5.31. The molecule has 2 rings (SSSR count). The number of rotatable bonds is 4. The molecule has 0 amide bonds. The minimum atomic E-state index is -0.575. The number of hydrogen-bond acceptors (Lipinski definition) is 5. The van der Waals surface area contributed by atoms with E-state index in [1.807, 2.05) is 0 Å². The minimum absolute atomic E-state index is 0.0000827. The molecule has 0 radical (unpaired) electrons. The topological polar surface area (TPSA) is 80.4 Å². The summed E-state index contributed by atoms with van der Waals surface area (Å²) in [6.45, 7) is 0. The molecule has 0 spiro atoms. The van der Waals surface area contributed by atoms with Crippen molar-refractivity contribution in [3.8, 4) is 0 Å². The van der Waals surface area contributed by atoms with Crippen LogP contribution in [0.25, 0.3) is 0 Å². The van der Waals surface area contributed by atoms with Crippen molar-refractivity contribution in [2.24, 2.45) is 5.10 Å². The Morgan fingerprint density at radius 2 is 2.11 bits per heavy atom. The van der Waals surface area contributed by atoms with Crippen molar-refractivity contribution in [1.82, 2.24) is 4.98 Å². The average molecular weight is 260 g/mol. The van der Waals surface area contributed by atoms with Crippen molar-refractivity contribution in [3.63, 3.8) is 0 Å². The normalized spacial score (nSPS) is 10.6. The first-order valence-corrected chi connectivity index (χ1v) is 5.31. The Hall–Kier alpha value is -2.83. The lowest BCUT2D eigenvalue weighted by molar-refractivity contribution is -0.384. The second-order valence-corrected chi connectivity index (χ2v) is 3.52. The highest BCUT2D eigenvalue weighted by atomic mass is 19.1. The number of nitrogens with zero attached hydrogens (tertiary/aromatic N) is 3. The SMILES string of the molecule is O=[N+]([O-])c1cccnc1N/N=C\c1ccccc1F. The van der Waals surface area contributed by atoms with Crippen LogP contribution in [0.2, 0.25) is 0 Å². The Labute approximate surface area is 107 Å². The molecule has 2 aromatic rings. The minimum Gasteiger partial charge on any atom is -0.258 e. The van der Waals surface area contributed by atoms with Crippen LogP contribution in [0.4, 0.5) is 15.9 Å². The summed E-state index contributed by atoms with van der Waals surface area (Å²) < 4.78 is 13.3. The fourth-order valence-corrected chi connectivity index (χ4v) is 1.37. The molecule has 0 atom stereocenters. The molecular formula is C12H9FN4O2. The Morgan fingerprint density at radius 3 is 2.84 bits per heavy atom. The van der Waals surface area contributed by atoms with E-state index >= 15 is 0 Å². The predicted octanol–water partition coefficient (Wildman–Crippen LogP) is 2.57. The van der Waals surface area contributed by atoms with Crippen molar-refractivity contribution >= 4 is 17.7 Å². The molecule has 7 heteroatoms. The van der Waals surface area contributed by atoms with Crippen molar-refractivity contribution in [1.29, 1.82) is 0 Å². The highest BCUT2D eigenvalue weighted by molar-refractivity contribution is 5.80. The van der Waals surface area contributed by atoms with Gasteiger partial charge < -0.3 is 0 Å². The maximum Gasteiger partial charge on any atom is 0.313 e. The molecular weight excluding hydrogens is 251 g/mol. The zero-order valence-corrected chi connectivity index (χ0v) is 9.65. The second-order valence-electron chi connectivity index (χ2n) is 3.52. The summed E-state index contributed by atoms with van der Waals surface area (Å²) in [5, 5.41) is 14.5. The van der Waals surface area contributed by atoms with Gasteiger partial charge in [-0.3, -0.25) is 15.5 Å². The molecule has 0 fully saturated rings. The number of aromatic nitrogens is 1. The highest BCUT2D eigenvalue weighted by Crippen LogP contribution is 2.19. The molecule has 0 aliphatic heterocycles. The Bertz CT molecular complexity index is 631. The second kappa shape index (κ2) is 5.67. The quantitative estimate of drug-likeness (QED) is 0.520. The number of anilines is 1. The van der Waals surface area contributed by atoms with Crippen LogP contribution in [-0.4, -0.2) is 16.1 Å². The summed E-state index contributed by atoms with van der Waals surface area (Å²) in [7, 11) is 0. The monoisotopic (exact) mass is 260 g/mol. The maximum atomic E-state index is 13.3. The van der Waals surface area contributed by atoms with Gasteiger partial charge in [0.05, 0.1) is 11.1 Å². The number of nitrogens with one attached hydrogen (secondary N) is 1. The third-order valence-corrected chi connectivity index (χ3v) is 2.26. The lowest BCUT2D eigenvalue weighted by Crippen LogP contribution is -1.99. The molecule has 6 nitrogen and oxygen atoms in total. The van der Waals surface area contributed by atoms with Crippen LogP contribution in [0.3, 0.4) is 0 Å². The Morgan fingerprint density at radius 1 is 1.32 bits per heavy atom. The van der Waals surface area contributed by atoms with Crippen molar-refractivity contribution in [2.45, 2.75) is 0 Å². The number of benzene rings is 1. The van der Waals surface area contributed by atoms with Crippen LogP contribution < -0.4 is 5.43 Å². The molecule has 0 unspecified atom stereocenters. The largest absolute Gasteiger partial charge is 0.313 e. The zero-order chi connectivity index (χ0) is 13.7. The highest BCUT2D eigenvalue weighted by Gasteiger charge is 2.12. The number of pyridine rings is 1. The molecule has 96 valence electrons. The molecule has 0 saturated heterocycles. The summed E-state index contributed by atoms with van der Waals surface area (Å²) >= 11 is 0. The van der Waals surface area contributed by atoms with Gasteiger partial charge in [0, 0.05) is 17.8 Å². The fourth-order valence-electron chi connectivity index (χ4n) is 1.37. The van der Waals surface area contributed by atoms with Crippen LogP contribution in [0.5, 0.6) is 0 Å². The number of halogens is 1. The number of nitro groups is 1. The molecule has 1 aromatic carbocycles. The summed E-state index contributed by atoms with van der Waals surface area (Å²) in [5.41, 5.74) is 2.49.